The van der Waals surface area contributed by atoms with Crippen molar-refractivity contribution in [2.24, 2.45) is 0 Å². The maximum Gasteiger partial charge on any atom is 0.182 e. The number of hydrogen-bond donors (Lipinski definition) is 0. The van der Waals surface area contributed by atoms with E-state index in [4.69, 9.17) is 0 Å². The summed E-state index contributed by atoms with van der Waals surface area (Å²) in [6.07, 6.45) is 0. The van der Waals surface area contributed by atoms with Crippen molar-refractivity contribution in [3.63, 3.8) is 0 Å². The van der Waals surface area contributed by atoms with Gasteiger partial charge in [0.2, 0.25) is 0 Å². The third-order valence-corrected chi connectivity index (χ3v) is 3.41. The van der Waals surface area contributed by atoms with E-state index in [0.29, 0.717) is 15.9 Å². The van der Waals surface area contributed by atoms with Crippen molar-refractivity contribution in [3.8, 4) is 0 Å². The van der Waals surface area contributed by atoms with Crippen LogP contribution >= 0.6 is 15.9 Å². The van der Waals surface area contributed by atoms with Crippen LogP contribution in [0.25, 0.3) is 16.6 Å². The van der Waals surface area contributed by atoms with E-state index in [-0.39, 0.29) is 5.52 Å². The summed E-state index contributed by atoms with van der Waals surface area (Å²) in [5.74, 6) is -1.31. The second-order valence-electron chi connectivity index (χ2n) is 4.10. The number of aryl methyl sites for hydroxylation is 2. The van der Waals surface area contributed by atoms with Gasteiger partial charge in [-0.1, -0.05) is 0 Å². The van der Waals surface area contributed by atoms with Gasteiger partial charge in [-0.2, -0.15) is 0 Å². The quantitative estimate of drug-likeness (QED) is 0.635. The fourth-order valence-electron chi connectivity index (χ4n) is 2.19. The Bertz CT molecular complexity index is 795. The standard InChI is InChI=1S/C12H8BrF2N3/c1-5-11-6(2)17-12(13)18(11)9-4-7(14)3-8(15)10(9)16-5/h3-4H,1-2H3. The molecule has 3 aromatic rings. The lowest BCUT2D eigenvalue weighted by Gasteiger charge is -2.07. The van der Waals surface area contributed by atoms with Crippen molar-refractivity contribution in [2.75, 3.05) is 0 Å². The Balaban J connectivity index is 2.68. The molecule has 2 aromatic heterocycles. The van der Waals surface area contributed by atoms with Gasteiger partial charge in [0, 0.05) is 12.1 Å². The SMILES string of the molecule is Cc1nc(Br)n2c1c(C)nc1c(F)cc(F)cc12. The Hall–Kier alpha value is -1.56. The molecular formula is C12H8BrF2N3. The molecule has 0 bridgehead atoms. The van der Waals surface area contributed by atoms with Crippen LogP contribution in [0.1, 0.15) is 11.4 Å². The zero-order chi connectivity index (χ0) is 13.0. The summed E-state index contributed by atoms with van der Waals surface area (Å²) in [5.41, 5.74) is 2.68. The average molecular weight is 312 g/mol. The van der Waals surface area contributed by atoms with Gasteiger partial charge in [0.1, 0.15) is 11.3 Å². The van der Waals surface area contributed by atoms with E-state index in [9.17, 15) is 8.78 Å². The lowest BCUT2D eigenvalue weighted by Crippen LogP contribution is -1.98. The molecule has 0 saturated carbocycles. The van der Waals surface area contributed by atoms with Gasteiger partial charge >= 0.3 is 0 Å². The number of benzene rings is 1. The van der Waals surface area contributed by atoms with E-state index in [0.717, 1.165) is 17.3 Å². The molecule has 0 N–H and O–H groups in total. The minimum Gasteiger partial charge on any atom is -0.283 e. The molecule has 0 radical (unpaired) electrons. The molecular weight excluding hydrogens is 304 g/mol. The summed E-state index contributed by atoms with van der Waals surface area (Å²) >= 11 is 3.30. The smallest absolute Gasteiger partial charge is 0.182 e. The van der Waals surface area contributed by atoms with Gasteiger partial charge < -0.3 is 0 Å². The van der Waals surface area contributed by atoms with Crippen molar-refractivity contribution in [2.45, 2.75) is 13.8 Å². The first kappa shape index (κ1) is 11.5. The second-order valence-corrected chi connectivity index (χ2v) is 4.81. The number of aromatic nitrogens is 3. The third-order valence-electron chi connectivity index (χ3n) is 2.88. The van der Waals surface area contributed by atoms with Crippen LogP contribution in [0.3, 0.4) is 0 Å². The van der Waals surface area contributed by atoms with Crippen LogP contribution < -0.4 is 0 Å². The van der Waals surface area contributed by atoms with Crippen molar-refractivity contribution >= 4 is 32.5 Å². The van der Waals surface area contributed by atoms with Crippen molar-refractivity contribution < 1.29 is 8.78 Å². The zero-order valence-electron chi connectivity index (χ0n) is 9.63. The summed E-state index contributed by atoms with van der Waals surface area (Å²) in [6, 6.07) is 2.09. The average Bonchev–Trinajstić information content (AvgIpc) is 2.57. The lowest BCUT2D eigenvalue weighted by molar-refractivity contribution is 0.589. The highest BCUT2D eigenvalue weighted by molar-refractivity contribution is 9.10. The predicted molar refractivity (Wildman–Crippen MR) is 67.6 cm³/mol. The van der Waals surface area contributed by atoms with E-state index in [1.54, 1.807) is 11.3 Å². The highest BCUT2D eigenvalue weighted by atomic mass is 79.9. The first-order valence-electron chi connectivity index (χ1n) is 5.29. The summed E-state index contributed by atoms with van der Waals surface area (Å²) in [4.78, 5) is 8.45. The number of rotatable bonds is 0. The Labute approximate surface area is 110 Å². The molecule has 3 nitrogen and oxygen atoms in total. The largest absolute Gasteiger partial charge is 0.283 e. The number of imidazole rings is 1. The number of hydrogen-bond acceptors (Lipinski definition) is 2. The summed E-state index contributed by atoms with van der Waals surface area (Å²) in [5, 5.41) is 0. The highest BCUT2D eigenvalue weighted by Crippen LogP contribution is 2.26. The molecule has 0 aliphatic carbocycles. The highest BCUT2D eigenvalue weighted by Gasteiger charge is 2.16. The first-order chi connectivity index (χ1) is 8.49. The van der Waals surface area contributed by atoms with Crippen molar-refractivity contribution in [1.82, 2.24) is 14.4 Å². The Morgan fingerprint density at radius 3 is 2.50 bits per heavy atom. The Morgan fingerprint density at radius 2 is 1.78 bits per heavy atom. The van der Waals surface area contributed by atoms with Gasteiger partial charge in [0.25, 0.3) is 0 Å². The van der Waals surface area contributed by atoms with E-state index < -0.39 is 11.6 Å². The molecule has 0 amide bonds. The topological polar surface area (TPSA) is 30.2 Å². The molecule has 3 rings (SSSR count). The van der Waals surface area contributed by atoms with Crippen molar-refractivity contribution in [3.05, 3.63) is 39.9 Å². The second kappa shape index (κ2) is 3.71. The molecule has 0 aliphatic rings. The molecule has 18 heavy (non-hydrogen) atoms. The molecule has 0 saturated heterocycles. The van der Waals surface area contributed by atoms with Crippen LogP contribution in [-0.4, -0.2) is 14.4 Å². The van der Waals surface area contributed by atoms with Crippen molar-refractivity contribution in [1.29, 1.82) is 0 Å². The molecule has 0 unspecified atom stereocenters. The van der Waals surface area contributed by atoms with Crippen LogP contribution in [-0.2, 0) is 0 Å². The zero-order valence-corrected chi connectivity index (χ0v) is 11.2. The molecule has 92 valence electrons. The Kier molecular flexibility index (Phi) is 2.38. The summed E-state index contributed by atoms with van der Waals surface area (Å²) in [6.45, 7) is 3.61. The van der Waals surface area contributed by atoms with Crippen LogP contribution in [0, 0.1) is 25.5 Å². The third kappa shape index (κ3) is 1.45. The minimum absolute atomic E-state index is 0.138. The fourth-order valence-corrected chi connectivity index (χ4v) is 2.83. The number of nitrogens with zero attached hydrogens (tertiary/aromatic N) is 3. The normalized spacial score (nSPS) is 11.6. The summed E-state index contributed by atoms with van der Waals surface area (Å²) in [7, 11) is 0. The molecule has 0 atom stereocenters. The maximum atomic E-state index is 13.7. The minimum atomic E-state index is -0.673. The summed E-state index contributed by atoms with van der Waals surface area (Å²) < 4.78 is 29.3. The number of fused-ring (bicyclic) bond motifs is 3. The van der Waals surface area contributed by atoms with Gasteiger partial charge in [-0.05, 0) is 29.8 Å². The van der Waals surface area contributed by atoms with E-state index >= 15 is 0 Å². The molecule has 0 fully saturated rings. The number of halogens is 3. The van der Waals surface area contributed by atoms with Gasteiger partial charge in [0.15, 0.2) is 10.6 Å². The fraction of sp³-hybridized carbons (Fsp3) is 0.167. The van der Waals surface area contributed by atoms with Crippen LogP contribution in [0.2, 0.25) is 0 Å². The van der Waals surface area contributed by atoms with E-state index in [2.05, 4.69) is 25.9 Å². The van der Waals surface area contributed by atoms with Gasteiger partial charge in [-0.25, -0.2) is 18.7 Å². The van der Waals surface area contributed by atoms with Gasteiger partial charge in [0.05, 0.1) is 22.4 Å². The van der Waals surface area contributed by atoms with E-state index in [1.807, 2.05) is 6.92 Å². The molecule has 0 spiro atoms. The van der Waals surface area contributed by atoms with Crippen LogP contribution in [0.15, 0.2) is 16.9 Å². The van der Waals surface area contributed by atoms with Gasteiger partial charge in [-0.15, -0.1) is 0 Å². The van der Waals surface area contributed by atoms with Crippen LogP contribution in [0.4, 0.5) is 8.78 Å². The van der Waals surface area contributed by atoms with Gasteiger partial charge in [-0.3, -0.25) is 4.40 Å². The Morgan fingerprint density at radius 1 is 1.11 bits per heavy atom. The molecule has 6 heteroatoms. The monoisotopic (exact) mass is 311 g/mol. The van der Waals surface area contributed by atoms with Crippen LogP contribution in [0.5, 0.6) is 0 Å². The molecule has 1 aromatic carbocycles. The molecule has 2 heterocycles. The van der Waals surface area contributed by atoms with E-state index in [1.165, 1.54) is 6.07 Å². The lowest BCUT2D eigenvalue weighted by atomic mass is 10.2. The predicted octanol–water partition coefficient (Wildman–Crippen LogP) is 3.54. The first-order valence-corrected chi connectivity index (χ1v) is 6.08. The molecule has 0 aliphatic heterocycles. The maximum absolute atomic E-state index is 13.7.